The van der Waals surface area contributed by atoms with Gasteiger partial charge in [0.25, 0.3) is 0 Å². The highest BCUT2D eigenvalue weighted by Crippen LogP contribution is 2.22. The third-order valence-corrected chi connectivity index (χ3v) is 6.00. The summed E-state index contributed by atoms with van der Waals surface area (Å²) in [4.78, 5) is 50.1. The molecule has 3 amide bonds. The molecule has 4 atom stereocenters. The zero-order chi connectivity index (χ0) is 29.1. The number of hydrogen-bond donors (Lipinski definition) is 6. The van der Waals surface area contributed by atoms with Gasteiger partial charge in [0.1, 0.15) is 24.4 Å². The van der Waals surface area contributed by atoms with Crippen LogP contribution in [-0.2, 0) is 25.7 Å². The highest BCUT2D eigenvalue weighted by molar-refractivity contribution is 5.91. The molecule has 11 nitrogen and oxygen atoms in total. The number of benzene rings is 2. The number of nitrogens with one attached hydrogen (secondary N) is 3. The Morgan fingerprint density at radius 3 is 1.87 bits per heavy atom. The van der Waals surface area contributed by atoms with Gasteiger partial charge in [0, 0.05) is 0 Å². The zero-order valence-corrected chi connectivity index (χ0v) is 22.5. The lowest BCUT2D eigenvalue weighted by atomic mass is 9.96. The van der Waals surface area contributed by atoms with E-state index in [-0.39, 0.29) is 18.3 Å². The van der Waals surface area contributed by atoms with Gasteiger partial charge in [-0.25, -0.2) is 4.79 Å². The van der Waals surface area contributed by atoms with E-state index in [0.29, 0.717) is 5.56 Å². The van der Waals surface area contributed by atoms with E-state index in [0.717, 1.165) is 5.56 Å². The molecule has 0 aromatic heterocycles. The minimum absolute atomic E-state index is 0.0213. The van der Waals surface area contributed by atoms with Crippen molar-refractivity contribution in [2.45, 2.75) is 65.0 Å². The number of carbonyl (C=O) groups is 4. The molecular formula is C28H37N3O8. The molecular weight excluding hydrogens is 506 g/mol. The first-order chi connectivity index (χ1) is 18.4. The predicted octanol–water partition coefficient (Wildman–Crippen LogP) is 2.48. The van der Waals surface area contributed by atoms with Gasteiger partial charge in [0.2, 0.25) is 11.8 Å². The summed E-state index contributed by atoms with van der Waals surface area (Å²) in [5.74, 6) is -3.31. The van der Waals surface area contributed by atoms with Crippen molar-refractivity contribution in [3.63, 3.8) is 0 Å². The van der Waals surface area contributed by atoms with Gasteiger partial charge in [0.15, 0.2) is 0 Å². The standard InChI is InChI=1S/C28H37N3O8/c1-16(2)23(26(36)30-25(21(33)14-22(34)35)19-10-12-20(32)13-11-19)29-27(37)24(17(3)4)31-28(38)39-15-18-8-6-5-7-9-18/h5-13,16-17,21,23-25,32-33H,14-15H2,1-4H3,(H,29,37)(H,30,36)(H,31,38)(H,34,35)/t21?,23-,24-,25?/m0/s1. The number of rotatable bonds is 13. The lowest BCUT2D eigenvalue weighted by Gasteiger charge is -2.30. The lowest BCUT2D eigenvalue weighted by Crippen LogP contribution is -2.57. The number of phenols is 1. The van der Waals surface area contributed by atoms with Crippen molar-refractivity contribution >= 4 is 23.9 Å². The largest absolute Gasteiger partial charge is 0.508 e. The molecule has 11 heteroatoms. The number of carboxylic acid groups (broad SMARTS) is 1. The maximum Gasteiger partial charge on any atom is 0.408 e. The van der Waals surface area contributed by atoms with Crippen molar-refractivity contribution in [1.29, 1.82) is 0 Å². The number of amides is 3. The maximum absolute atomic E-state index is 13.3. The van der Waals surface area contributed by atoms with Gasteiger partial charge in [-0.1, -0.05) is 70.2 Å². The van der Waals surface area contributed by atoms with Crippen LogP contribution < -0.4 is 16.0 Å². The lowest BCUT2D eigenvalue weighted by molar-refractivity contribution is -0.140. The Balaban J connectivity index is 2.13. The average Bonchev–Trinajstić information content (AvgIpc) is 2.87. The Bertz CT molecular complexity index is 1110. The Morgan fingerprint density at radius 1 is 0.795 bits per heavy atom. The first kappa shape index (κ1) is 31.1. The van der Waals surface area contributed by atoms with E-state index >= 15 is 0 Å². The highest BCUT2D eigenvalue weighted by Gasteiger charge is 2.33. The van der Waals surface area contributed by atoms with Gasteiger partial charge < -0.3 is 36.0 Å². The van der Waals surface area contributed by atoms with E-state index in [1.165, 1.54) is 24.3 Å². The second kappa shape index (κ2) is 14.7. The molecule has 2 aromatic carbocycles. The Hall–Kier alpha value is -4.12. The van der Waals surface area contributed by atoms with Crippen LogP contribution in [-0.4, -0.2) is 57.4 Å². The molecule has 212 valence electrons. The second-order valence-corrected chi connectivity index (χ2v) is 9.90. The Kier molecular flexibility index (Phi) is 11.7. The van der Waals surface area contributed by atoms with Crippen LogP contribution in [0, 0.1) is 11.8 Å². The predicted molar refractivity (Wildman–Crippen MR) is 142 cm³/mol. The van der Waals surface area contributed by atoms with Crippen molar-refractivity contribution in [2.24, 2.45) is 11.8 Å². The van der Waals surface area contributed by atoms with Crippen molar-refractivity contribution in [2.75, 3.05) is 0 Å². The number of ether oxygens (including phenoxy) is 1. The number of alkyl carbamates (subject to hydrolysis) is 1. The van der Waals surface area contributed by atoms with Gasteiger partial charge in [-0.3, -0.25) is 14.4 Å². The Morgan fingerprint density at radius 2 is 1.33 bits per heavy atom. The van der Waals surface area contributed by atoms with Gasteiger partial charge in [-0.05, 0) is 35.1 Å². The molecule has 0 fully saturated rings. The molecule has 0 saturated carbocycles. The fraction of sp³-hybridized carbons (Fsp3) is 0.429. The molecule has 0 spiro atoms. The van der Waals surface area contributed by atoms with E-state index < -0.39 is 60.4 Å². The normalized spacial score (nSPS) is 14.1. The number of aromatic hydroxyl groups is 1. The molecule has 0 aliphatic heterocycles. The van der Waals surface area contributed by atoms with Crippen LogP contribution in [0.15, 0.2) is 54.6 Å². The number of aliphatic hydroxyl groups is 1. The molecule has 0 saturated heterocycles. The highest BCUT2D eigenvalue weighted by atomic mass is 16.5. The van der Waals surface area contributed by atoms with Crippen molar-refractivity contribution in [3.05, 3.63) is 65.7 Å². The number of carbonyl (C=O) groups excluding carboxylic acids is 3. The van der Waals surface area contributed by atoms with Crippen molar-refractivity contribution in [3.8, 4) is 5.75 Å². The maximum atomic E-state index is 13.3. The summed E-state index contributed by atoms with van der Waals surface area (Å²) >= 11 is 0. The molecule has 39 heavy (non-hydrogen) atoms. The zero-order valence-electron chi connectivity index (χ0n) is 22.5. The molecule has 0 bridgehead atoms. The number of hydrogen-bond acceptors (Lipinski definition) is 7. The third-order valence-electron chi connectivity index (χ3n) is 6.00. The van der Waals surface area contributed by atoms with Crippen LogP contribution in [0.3, 0.4) is 0 Å². The van der Waals surface area contributed by atoms with Gasteiger partial charge in [-0.2, -0.15) is 0 Å². The summed E-state index contributed by atoms with van der Waals surface area (Å²) in [5, 5.41) is 37.1. The summed E-state index contributed by atoms with van der Waals surface area (Å²) in [6.07, 6.45) is -2.92. The summed E-state index contributed by atoms with van der Waals surface area (Å²) in [7, 11) is 0. The van der Waals surface area contributed by atoms with E-state index in [1.807, 2.05) is 18.2 Å². The SMILES string of the molecule is CC(C)[C@H](NC(=O)OCc1ccccc1)C(=O)N[C@H](C(=O)NC(c1ccc(O)cc1)C(O)CC(=O)O)C(C)C. The van der Waals surface area contributed by atoms with E-state index in [2.05, 4.69) is 16.0 Å². The van der Waals surface area contributed by atoms with Crippen LogP contribution in [0.2, 0.25) is 0 Å². The second-order valence-electron chi connectivity index (χ2n) is 9.90. The van der Waals surface area contributed by atoms with Crippen molar-refractivity contribution in [1.82, 2.24) is 16.0 Å². The summed E-state index contributed by atoms with van der Waals surface area (Å²) < 4.78 is 5.22. The van der Waals surface area contributed by atoms with Gasteiger partial charge in [0.05, 0.1) is 18.6 Å². The van der Waals surface area contributed by atoms with Crippen LogP contribution >= 0.6 is 0 Å². The first-order valence-corrected chi connectivity index (χ1v) is 12.7. The summed E-state index contributed by atoms with van der Waals surface area (Å²) in [6.45, 7) is 6.90. The molecule has 0 aliphatic carbocycles. The molecule has 0 aliphatic rings. The first-order valence-electron chi connectivity index (χ1n) is 12.7. The number of phenolic OH excluding ortho intramolecular Hbond substituents is 1. The molecule has 2 aromatic rings. The van der Waals surface area contributed by atoms with Gasteiger partial charge in [-0.15, -0.1) is 0 Å². The number of carboxylic acids is 1. The third kappa shape index (κ3) is 9.93. The molecule has 0 heterocycles. The molecule has 2 rings (SSSR count). The molecule has 0 radical (unpaired) electrons. The summed E-state index contributed by atoms with van der Waals surface area (Å²) in [5.41, 5.74) is 1.15. The molecule has 6 N–H and O–H groups in total. The topological polar surface area (TPSA) is 174 Å². The van der Waals surface area contributed by atoms with E-state index in [9.17, 15) is 29.4 Å². The number of aliphatic hydroxyl groups excluding tert-OH is 1. The van der Waals surface area contributed by atoms with Crippen LogP contribution in [0.25, 0.3) is 0 Å². The average molecular weight is 544 g/mol. The van der Waals surface area contributed by atoms with Crippen LogP contribution in [0.5, 0.6) is 5.75 Å². The fourth-order valence-corrected chi connectivity index (χ4v) is 3.83. The fourth-order valence-electron chi connectivity index (χ4n) is 3.83. The minimum Gasteiger partial charge on any atom is -0.508 e. The smallest absolute Gasteiger partial charge is 0.408 e. The molecule has 2 unspecified atom stereocenters. The van der Waals surface area contributed by atoms with Crippen LogP contribution in [0.4, 0.5) is 4.79 Å². The van der Waals surface area contributed by atoms with E-state index in [4.69, 9.17) is 9.84 Å². The van der Waals surface area contributed by atoms with Crippen LogP contribution in [0.1, 0.15) is 51.3 Å². The Labute approximate surface area is 227 Å². The van der Waals surface area contributed by atoms with E-state index in [1.54, 1.807) is 39.8 Å². The minimum atomic E-state index is -1.48. The summed E-state index contributed by atoms with van der Waals surface area (Å²) in [6, 6.07) is 11.4. The van der Waals surface area contributed by atoms with Crippen molar-refractivity contribution < 1.29 is 39.2 Å². The quantitative estimate of drug-likeness (QED) is 0.223. The monoisotopic (exact) mass is 543 g/mol. The van der Waals surface area contributed by atoms with Gasteiger partial charge >= 0.3 is 12.1 Å². The number of aliphatic carboxylic acids is 1.